The Kier molecular flexibility index (Phi) is 4.36. The van der Waals surface area contributed by atoms with Gasteiger partial charge in [-0.3, -0.25) is 4.79 Å². The van der Waals surface area contributed by atoms with Gasteiger partial charge in [-0.25, -0.2) is 0 Å². The highest BCUT2D eigenvalue weighted by molar-refractivity contribution is 6.30. The molecule has 6 nitrogen and oxygen atoms in total. The molecule has 128 valence electrons. The predicted octanol–water partition coefficient (Wildman–Crippen LogP) is 3.15. The molecule has 2 aromatic rings. The minimum absolute atomic E-state index is 0.222. The third kappa shape index (κ3) is 3.30. The zero-order chi connectivity index (χ0) is 17.4. The lowest BCUT2D eigenvalue weighted by Gasteiger charge is -2.22. The number of halogens is 1. The monoisotopic (exact) mass is 349 g/mol. The van der Waals surface area contributed by atoms with Crippen LogP contribution in [0.4, 0.5) is 0 Å². The van der Waals surface area contributed by atoms with E-state index in [4.69, 9.17) is 16.1 Å². The van der Waals surface area contributed by atoms with E-state index in [1.165, 1.54) is 0 Å². The number of aliphatic hydroxyl groups is 1. The van der Waals surface area contributed by atoms with Gasteiger partial charge in [0.15, 0.2) is 5.82 Å². The molecule has 7 heteroatoms. The van der Waals surface area contributed by atoms with E-state index in [0.29, 0.717) is 29.3 Å². The van der Waals surface area contributed by atoms with Crippen molar-refractivity contribution in [2.24, 2.45) is 0 Å². The third-order valence-corrected chi connectivity index (χ3v) is 4.56. The van der Waals surface area contributed by atoms with Crippen LogP contribution in [0.5, 0.6) is 0 Å². The number of nitrogens with one attached hydrogen (secondary N) is 1. The number of nitrogens with zero attached hydrogens (tertiary/aromatic N) is 2. The number of hydrogen-bond acceptors (Lipinski definition) is 5. The van der Waals surface area contributed by atoms with Crippen LogP contribution in [0.1, 0.15) is 61.6 Å². The zero-order valence-electron chi connectivity index (χ0n) is 13.7. The molecule has 0 bridgehead atoms. The van der Waals surface area contributed by atoms with Gasteiger partial charge in [0.25, 0.3) is 11.8 Å². The average Bonchev–Trinajstić information content (AvgIpc) is 3.17. The summed E-state index contributed by atoms with van der Waals surface area (Å²) in [7, 11) is 0. The molecule has 24 heavy (non-hydrogen) atoms. The average molecular weight is 350 g/mol. The molecule has 1 fully saturated rings. The lowest BCUT2D eigenvalue weighted by atomic mass is 10.0. The minimum atomic E-state index is -1.04. The van der Waals surface area contributed by atoms with Gasteiger partial charge in [-0.2, -0.15) is 4.98 Å². The number of carbonyl (C=O) groups is 1. The number of amides is 1. The lowest BCUT2D eigenvalue weighted by molar-refractivity contribution is 0.0112. The first-order valence-electron chi connectivity index (χ1n) is 7.95. The van der Waals surface area contributed by atoms with Crippen LogP contribution in [-0.2, 0) is 11.1 Å². The Hall–Kier alpha value is -1.92. The summed E-state index contributed by atoms with van der Waals surface area (Å²) in [5, 5.41) is 17.8. The molecule has 0 saturated heterocycles. The predicted molar refractivity (Wildman–Crippen MR) is 88.6 cm³/mol. The Morgan fingerprint density at radius 3 is 2.75 bits per heavy atom. The lowest BCUT2D eigenvalue weighted by Crippen LogP contribution is -2.42. The van der Waals surface area contributed by atoms with Crippen molar-refractivity contribution < 1.29 is 14.4 Å². The van der Waals surface area contributed by atoms with Gasteiger partial charge < -0.3 is 14.9 Å². The second-order valence-electron chi connectivity index (χ2n) is 6.75. The number of rotatable bonds is 4. The molecule has 1 aromatic carbocycles. The summed E-state index contributed by atoms with van der Waals surface area (Å²) in [5.74, 6) is 0.265. The molecule has 0 unspecified atom stereocenters. The van der Waals surface area contributed by atoms with Crippen molar-refractivity contribution >= 4 is 17.5 Å². The van der Waals surface area contributed by atoms with E-state index in [1.807, 2.05) is 0 Å². The van der Waals surface area contributed by atoms with Crippen molar-refractivity contribution in [3.8, 4) is 0 Å². The molecule has 1 saturated carbocycles. The fraction of sp³-hybridized carbons (Fsp3) is 0.471. The fourth-order valence-corrected chi connectivity index (χ4v) is 3.07. The quantitative estimate of drug-likeness (QED) is 0.885. The van der Waals surface area contributed by atoms with Crippen molar-refractivity contribution in [2.45, 2.75) is 50.7 Å². The van der Waals surface area contributed by atoms with E-state index in [-0.39, 0.29) is 11.8 Å². The van der Waals surface area contributed by atoms with E-state index in [9.17, 15) is 9.90 Å². The van der Waals surface area contributed by atoms with Gasteiger partial charge in [-0.1, -0.05) is 22.8 Å². The smallest absolute Gasteiger partial charge is 0.258 e. The molecule has 3 rings (SSSR count). The Labute approximate surface area is 145 Å². The Morgan fingerprint density at radius 2 is 2.08 bits per heavy atom. The summed E-state index contributed by atoms with van der Waals surface area (Å²) >= 11 is 5.92. The topological polar surface area (TPSA) is 88.2 Å². The highest BCUT2D eigenvalue weighted by Crippen LogP contribution is 2.38. The zero-order valence-corrected chi connectivity index (χ0v) is 14.4. The van der Waals surface area contributed by atoms with Gasteiger partial charge in [0.2, 0.25) is 0 Å². The first-order valence-corrected chi connectivity index (χ1v) is 8.33. The molecule has 0 spiro atoms. The SMILES string of the molecule is CC(C)(NC(=O)c1cccc(Cl)c1)c1noc(C2(O)CCCC2)n1. The molecule has 2 N–H and O–H groups in total. The summed E-state index contributed by atoms with van der Waals surface area (Å²) < 4.78 is 5.26. The first kappa shape index (κ1) is 16.9. The van der Waals surface area contributed by atoms with Gasteiger partial charge in [-0.05, 0) is 57.7 Å². The molecule has 1 heterocycles. The minimum Gasteiger partial charge on any atom is -0.380 e. The molecular formula is C17H20ClN3O3. The van der Waals surface area contributed by atoms with Gasteiger partial charge in [-0.15, -0.1) is 0 Å². The van der Waals surface area contributed by atoms with Crippen LogP contribution in [0.15, 0.2) is 28.8 Å². The molecule has 1 aliphatic rings. The van der Waals surface area contributed by atoms with Crippen LogP contribution in [0, 0.1) is 0 Å². The van der Waals surface area contributed by atoms with E-state index < -0.39 is 11.1 Å². The first-order chi connectivity index (χ1) is 11.3. The molecule has 0 radical (unpaired) electrons. The van der Waals surface area contributed by atoms with Crippen molar-refractivity contribution in [3.05, 3.63) is 46.6 Å². The number of aromatic nitrogens is 2. The Balaban J connectivity index is 1.78. The Morgan fingerprint density at radius 1 is 1.38 bits per heavy atom. The van der Waals surface area contributed by atoms with Gasteiger partial charge in [0.1, 0.15) is 5.60 Å². The largest absolute Gasteiger partial charge is 0.380 e. The fourth-order valence-electron chi connectivity index (χ4n) is 2.88. The van der Waals surface area contributed by atoms with E-state index >= 15 is 0 Å². The van der Waals surface area contributed by atoms with E-state index in [1.54, 1.807) is 38.1 Å². The second kappa shape index (κ2) is 6.18. The summed E-state index contributed by atoms with van der Waals surface area (Å²) in [6.07, 6.45) is 3.10. The summed E-state index contributed by atoms with van der Waals surface area (Å²) in [4.78, 5) is 16.7. The van der Waals surface area contributed by atoms with E-state index in [2.05, 4.69) is 15.5 Å². The summed E-state index contributed by atoms with van der Waals surface area (Å²) in [5.41, 5.74) is -1.44. The molecule has 0 atom stereocenters. The molecule has 0 aliphatic heterocycles. The van der Waals surface area contributed by atoms with Crippen LogP contribution < -0.4 is 5.32 Å². The van der Waals surface area contributed by atoms with Gasteiger partial charge >= 0.3 is 0 Å². The molecular weight excluding hydrogens is 330 g/mol. The highest BCUT2D eigenvalue weighted by Gasteiger charge is 2.40. The molecule has 1 amide bonds. The summed E-state index contributed by atoms with van der Waals surface area (Å²) in [6, 6.07) is 6.69. The standard InChI is InChI=1S/C17H20ClN3O3/c1-16(2,20-13(22)11-6-5-7-12(18)10-11)14-19-15(24-21-14)17(23)8-3-4-9-17/h5-7,10,23H,3-4,8-9H2,1-2H3,(H,20,22). The molecule has 1 aliphatic carbocycles. The van der Waals surface area contributed by atoms with Crippen molar-refractivity contribution in [3.63, 3.8) is 0 Å². The number of benzene rings is 1. The summed E-state index contributed by atoms with van der Waals surface area (Å²) in [6.45, 7) is 3.56. The number of carbonyl (C=O) groups excluding carboxylic acids is 1. The van der Waals surface area contributed by atoms with Crippen LogP contribution in [0.25, 0.3) is 0 Å². The highest BCUT2D eigenvalue weighted by atomic mass is 35.5. The number of hydrogen-bond donors (Lipinski definition) is 2. The van der Waals surface area contributed by atoms with Crippen molar-refractivity contribution in [1.82, 2.24) is 15.5 Å². The van der Waals surface area contributed by atoms with Crippen molar-refractivity contribution in [2.75, 3.05) is 0 Å². The normalized spacial score (nSPS) is 17.0. The third-order valence-electron chi connectivity index (χ3n) is 4.33. The molecule has 1 aromatic heterocycles. The van der Waals surface area contributed by atoms with Crippen molar-refractivity contribution in [1.29, 1.82) is 0 Å². The maximum atomic E-state index is 12.4. The van der Waals surface area contributed by atoms with Crippen LogP contribution >= 0.6 is 11.6 Å². The van der Waals surface area contributed by atoms with Gasteiger partial charge in [0, 0.05) is 10.6 Å². The van der Waals surface area contributed by atoms with Crippen LogP contribution in [0.3, 0.4) is 0 Å². The second-order valence-corrected chi connectivity index (χ2v) is 7.19. The van der Waals surface area contributed by atoms with Crippen LogP contribution in [-0.4, -0.2) is 21.2 Å². The maximum absolute atomic E-state index is 12.4. The Bertz CT molecular complexity index is 751. The van der Waals surface area contributed by atoms with E-state index in [0.717, 1.165) is 12.8 Å². The van der Waals surface area contributed by atoms with Crippen LogP contribution in [0.2, 0.25) is 5.02 Å². The maximum Gasteiger partial charge on any atom is 0.258 e. The van der Waals surface area contributed by atoms with Gasteiger partial charge in [0.05, 0.1) is 5.54 Å².